The number of rotatable bonds is 5. The zero-order chi connectivity index (χ0) is 13.8. The summed E-state index contributed by atoms with van der Waals surface area (Å²) >= 11 is 0. The van der Waals surface area contributed by atoms with Crippen molar-refractivity contribution in [2.45, 2.75) is 32.2 Å². The van der Waals surface area contributed by atoms with Gasteiger partial charge in [-0.2, -0.15) is 13.2 Å². The normalized spacial score (nSPS) is 15.4. The molecule has 0 aliphatic heterocycles. The fourth-order valence-electron chi connectivity index (χ4n) is 1.91. The van der Waals surface area contributed by atoms with E-state index in [1.807, 2.05) is 13.8 Å². The molecule has 0 aliphatic carbocycles. The van der Waals surface area contributed by atoms with Crippen LogP contribution in [-0.2, 0) is 10.9 Å². The van der Waals surface area contributed by atoms with E-state index < -0.39 is 11.7 Å². The second kappa shape index (κ2) is 6.20. The van der Waals surface area contributed by atoms with Crippen LogP contribution in [0.3, 0.4) is 0 Å². The molecule has 0 saturated carbocycles. The van der Waals surface area contributed by atoms with Gasteiger partial charge in [0.1, 0.15) is 0 Å². The lowest BCUT2D eigenvalue weighted by molar-refractivity contribution is -0.137. The van der Waals surface area contributed by atoms with Crippen molar-refractivity contribution in [1.29, 1.82) is 0 Å². The summed E-state index contributed by atoms with van der Waals surface area (Å²) in [7, 11) is 1.76. The van der Waals surface area contributed by atoms with Crippen molar-refractivity contribution in [3.05, 3.63) is 35.4 Å². The molecular weight excluding hydrogens is 243 g/mol. The number of nitrogens with one attached hydrogen (secondary N) is 1. The van der Waals surface area contributed by atoms with E-state index in [0.717, 1.165) is 17.7 Å². The average molecular weight is 261 g/mol. The highest BCUT2D eigenvalue weighted by atomic mass is 19.4. The molecule has 1 N–H and O–H groups in total. The van der Waals surface area contributed by atoms with Gasteiger partial charge in [0, 0.05) is 6.61 Å². The Labute approximate surface area is 105 Å². The Balaban J connectivity index is 2.88. The van der Waals surface area contributed by atoms with Gasteiger partial charge in [0.25, 0.3) is 0 Å². The van der Waals surface area contributed by atoms with Crippen LogP contribution in [0.4, 0.5) is 13.2 Å². The molecule has 0 aliphatic rings. The van der Waals surface area contributed by atoms with Gasteiger partial charge in [0.05, 0.1) is 17.7 Å². The minimum Gasteiger partial charge on any atom is -0.377 e. The van der Waals surface area contributed by atoms with Crippen LogP contribution in [-0.4, -0.2) is 19.8 Å². The van der Waals surface area contributed by atoms with Crippen molar-refractivity contribution in [3.63, 3.8) is 0 Å². The molecule has 1 aromatic carbocycles. The van der Waals surface area contributed by atoms with Crippen molar-refractivity contribution in [3.8, 4) is 0 Å². The minimum absolute atomic E-state index is 0.100. The van der Waals surface area contributed by atoms with Crippen molar-refractivity contribution < 1.29 is 17.9 Å². The predicted molar refractivity (Wildman–Crippen MR) is 64.3 cm³/mol. The molecule has 5 heteroatoms. The maximum Gasteiger partial charge on any atom is 0.416 e. The Bertz CT molecular complexity index is 361. The Kier molecular flexibility index (Phi) is 5.16. The SMILES string of the molecule is CCOC(C)C(NC)c1ccc(C(F)(F)F)cc1. The molecule has 0 radical (unpaired) electrons. The van der Waals surface area contributed by atoms with Gasteiger partial charge in [-0.05, 0) is 38.6 Å². The fraction of sp³-hybridized carbons (Fsp3) is 0.538. The molecule has 2 nitrogen and oxygen atoms in total. The van der Waals surface area contributed by atoms with E-state index in [-0.39, 0.29) is 12.1 Å². The van der Waals surface area contributed by atoms with Crippen molar-refractivity contribution in [2.75, 3.05) is 13.7 Å². The summed E-state index contributed by atoms with van der Waals surface area (Å²) in [6.45, 7) is 4.35. The quantitative estimate of drug-likeness (QED) is 0.877. The van der Waals surface area contributed by atoms with E-state index in [1.54, 1.807) is 7.05 Å². The van der Waals surface area contributed by atoms with Crippen LogP contribution in [0.15, 0.2) is 24.3 Å². The highest BCUT2D eigenvalue weighted by Gasteiger charge is 2.30. The van der Waals surface area contributed by atoms with Gasteiger partial charge in [-0.1, -0.05) is 12.1 Å². The van der Waals surface area contributed by atoms with E-state index in [1.165, 1.54) is 12.1 Å². The van der Waals surface area contributed by atoms with Crippen LogP contribution in [0.25, 0.3) is 0 Å². The second-order valence-electron chi connectivity index (χ2n) is 4.05. The van der Waals surface area contributed by atoms with Crippen molar-refractivity contribution >= 4 is 0 Å². The van der Waals surface area contributed by atoms with E-state index in [4.69, 9.17) is 4.74 Å². The van der Waals surface area contributed by atoms with Gasteiger partial charge in [0.2, 0.25) is 0 Å². The molecule has 0 amide bonds. The molecule has 18 heavy (non-hydrogen) atoms. The average Bonchev–Trinajstić information content (AvgIpc) is 2.30. The molecule has 0 aromatic heterocycles. The Morgan fingerprint density at radius 1 is 1.22 bits per heavy atom. The lowest BCUT2D eigenvalue weighted by Crippen LogP contribution is -2.29. The third-order valence-corrected chi connectivity index (χ3v) is 2.81. The smallest absolute Gasteiger partial charge is 0.377 e. The number of alkyl halides is 3. The molecule has 0 saturated heterocycles. The van der Waals surface area contributed by atoms with E-state index in [9.17, 15) is 13.2 Å². The largest absolute Gasteiger partial charge is 0.416 e. The predicted octanol–water partition coefficient (Wildman–Crippen LogP) is 3.39. The van der Waals surface area contributed by atoms with Crippen LogP contribution < -0.4 is 5.32 Å². The van der Waals surface area contributed by atoms with Crippen LogP contribution >= 0.6 is 0 Å². The topological polar surface area (TPSA) is 21.3 Å². The van der Waals surface area contributed by atoms with Crippen molar-refractivity contribution in [2.24, 2.45) is 0 Å². The van der Waals surface area contributed by atoms with Gasteiger partial charge in [-0.25, -0.2) is 0 Å². The molecule has 102 valence electrons. The highest BCUT2D eigenvalue weighted by Crippen LogP contribution is 2.30. The minimum atomic E-state index is -4.29. The van der Waals surface area contributed by atoms with Gasteiger partial charge >= 0.3 is 6.18 Å². The van der Waals surface area contributed by atoms with Gasteiger partial charge < -0.3 is 10.1 Å². The standard InChI is InChI=1S/C13H18F3NO/c1-4-18-9(2)12(17-3)10-5-7-11(8-6-10)13(14,15)16/h5-9,12,17H,4H2,1-3H3. The summed E-state index contributed by atoms with van der Waals surface area (Å²) in [5.74, 6) is 0. The first-order chi connectivity index (χ1) is 8.40. The molecule has 0 spiro atoms. The number of hydrogen-bond acceptors (Lipinski definition) is 2. The summed E-state index contributed by atoms with van der Waals surface area (Å²) in [5.41, 5.74) is 0.150. The maximum absolute atomic E-state index is 12.4. The first-order valence-electron chi connectivity index (χ1n) is 5.86. The molecule has 0 fully saturated rings. The monoisotopic (exact) mass is 261 g/mol. The molecule has 1 rings (SSSR count). The summed E-state index contributed by atoms with van der Waals surface area (Å²) < 4.78 is 42.8. The zero-order valence-corrected chi connectivity index (χ0v) is 10.7. The van der Waals surface area contributed by atoms with E-state index in [2.05, 4.69) is 5.32 Å². The zero-order valence-electron chi connectivity index (χ0n) is 10.7. The maximum atomic E-state index is 12.4. The second-order valence-corrected chi connectivity index (χ2v) is 4.05. The molecular formula is C13H18F3NO. The lowest BCUT2D eigenvalue weighted by Gasteiger charge is -2.24. The molecule has 2 atom stereocenters. The Morgan fingerprint density at radius 2 is 1.78 bits per heavy atom. The number of hydrogen-bond donors (Lipinski definition) is 1. The molecule has 0 bridgehead atoms. The Morgan fingerprint density at radius 3 is 2.17 bits per heavy atom. The van der Waals surface area contributed by atoms with E-state index >= 15 is 0 Å². The van der Waals surface area contributed by atoms with Gasteiger partial charge in [-0.3, -0.25) is 0 Å². The van der Waals surface area contributed by atoms with E-state index in [0.29, 0.717) is 6.61 Å². The fourth-order valence-corrected chi connectivity index (χ4v) is 1.91. The van der Waals surface area contributed by atoms with Crippen LogP contribution in [0.2, 0.25) is 0 Å². The number of benzene rings is 1. The summed E-state index contributed by atoms with van der Waals surface area (Å²) in [5, 5.41) is 3.05. The summed E-state index contributed by atoms with van der Waals surface area (Å²) in [6, 6.07) is 5.04. The summed E-state index contributed by atoms with van der Waals surface area (Å²) in [4.78, 5) is 0. The van der Waals surface area contributed by atoms with Crippen molar-refractivity contribution in [1.82, 2.24) is 5.32 Å². The van der Waals surface area contributed by atoms with Crippen LogP contribution in [0, 0.1) is 0 Å². The molecule has 1 aromatic rings. The third-order valence-electron chi connectivity index (χ3n) is 2.81. The highest BCUT2D eigenvalue weighted by molar-refractivity contribution is 5.27. The number of halogens is 3. The number of ether oxygens (including phenoxy) is 1. The lowest BCUT2D eigenvalue weighted by atomic mass is 10.0. The first kappa shape index (κ1) is 15.0. The number of likely N-dealkylation sites (N-methyl/N-ethyl adjacent to an activating group) is 1. The van der Waals surface area contributed by atoms with Crippen LogP contribution in [0.5, 0.6) is 0 Å². The molecule has 2 unspecified atom stereocenters. The van der Waals surface area contributed by atoms with Crippen LogP contribution in [0.1, 0.15) is 31.0 Å². The van der Waals surface area contributed by atoms with Gasteiger partial charge in [0.15, 0.2) is 0 Å². The summed E-state index contributed by atoms with van der Waals surface area (Å²) in [6.07, 6.45) is -4.39. The first-order valence-corrected chi connectivity index (χ1v) is 5.86. The van der Waals surface area contributed by atoms with Gasteiger partial charge in [-0.15, -0.1) is 0 Å². The molecule has 0 heterocycles. The Hall–Kier alpha value is -1.07. The third kappa shape index (κ3) is 3.71.